The summed E-state index contributed by atoms with van der Waals surface area (Å²) in [6.45, 7) is 2.16. The van der Waals surface area contributed by atoms with E-state index in [0.717, 1.165) is 0 Å². The van der Waals surface area contributed by atoms with Gasteiger partial charge in [-0.1, -0.05) is 0 Å². The van der Waals surface area contributed by atoms with Gasteiger partial charge in [-0.3, -0.25) is 9.78 Å². The molecule has 0 spiro atoms. The Hall–Kier alpha value is -2.96. The zero-order valence-electron chi connectivity index (χ0n) is 11.4. The van der Waals surface area contributed by atoms with Gasteiger partial charge in [-0.2, -0.15) is 0 Å². The molecule has 7 nitrogen and oxygen atoms in total. The van der Waals surface area contributed by atoms with Crippen LogP contribution < -0.4 is 10.6 Å². The normalized spacial score (nSPS) is 10.1. The van der Waals surface area contributed by atoms with Crippen LogP contribution in [0.25, 0.3) is 0 Å². The van der Waals surface area contributed by atoms with E-state index in [1.165, 1.54) is 41.7 Å². The third-order valence-corrected chi connectivity index (χ3v) is 2.91. The van der Waals surface area contributed by atoms with Crippen LogP contribution in [0.2, 0.25) is 0 Å². The van der Waals surface area contributed by atoms with Gasteiger partial charge in [0.1, 0.15) is 5.69 Å². The quantitative estimate of drug-likeness (QED) is 0.823. The zero-order valence-corrected chi connectivity index (χ0v) is 11.4. The van der Waals surface area contributed by atoms with E-state index >= 15 is 0 Å². The molecule has 0 radical (unpaired) electrons. The van der Waals surface area contributed by atoms with Crippen molar-refractivity contribution in [3.05, 3.63) is 48.0 Å². The van der Waals surface area contributed by atoms with E-state index in [0.29, 0.717) is 12.2 Å². The number of aromatic nitrogens is 2. The fourth-order valence-electron chi connectivity index (χ4n) is 1.90. The molecule has 3 N–H and O–H groups in total. The number of anilines is 2. The number of amides is 1. The summed E-state index contributed by atoms with van der Waals surface area (Å²) in [6.07, 6.45) is 4.27. The predicted molar refractivity (Wildman–Crippen MR) is 77.2 cm³/mol. The van der Waals surface area contributed by atoms with Crippen molar-refractivity contribution in [2.75, 3.05) is 17.2 Å². The van der Waals surface area contributed by atoms with E-state index in [1.54, 1.807) is 6.92 Å². The molecule has 1 aromatic carbocycles. The number of hydrogen-bond acceptors (Lipinski definition) is 5. The lowest BCUT2D eigenvalue weighted by Crippen LogP contribution is -2.32. The largest absolute Gasteiger partial charge is 0.478 e. The number of nitrogens with zero attached hydrogens (tertiary/aromatic N) is 3. The summed E-state index contributed by atoms with van der Waals surface area (Å²) >= 11 is 0. The van der Waals surface area contributed by atoms with Crippen LogP contribution in [0.1, 0.15) is 27.8 Å². The zero-order chi connectivity index (χ0) is 15.4. The topological polar surface area (TPSA) is 109 Å². The van der Waals surface area contributed by atoms with Crippen molar-refractivity contribution in [2.24, 2.45) is 0 Å². The van der Waals surface area contributed by atoms with Gasteiger partial charge in [-0.25, -0.2) is 9.78 Å². The second-order valence-corrected chi connectivity index (χ2v) is 4.22. The van der Waals surface area contributed by atoms with E-state index in [-0.39, 0.29) is 22.9 Å². The average molecular weight is 286 g/mol. The maximum absolute atomic E-state index is 12.4. The fraction of sp³-hybridized carbons (Fsp3) is 0.143. The lowest BCUT2D eigenvalue weighted by Gasteiger charge is -2.22. The molecule has 108 valence electrons. The van der Waals surface area contributed by atoms with Crippen molar-refractivity contribution in [1.82, 2.24) is 9.97 Å². The molecule has 0 aliphatic carbocycles. The van der Waals surface area contributed by atoms with Crippen molar-refractivity contribution in [2.45, 2.75) is 6.92 Å². The van der Waals surface area contributed by atoms with Gasteiger partial charge in [0.05, 0.1) is 23.1 Å². The fourth-order valence-corrected chi connectivity index (χ4v) is 1.90. The van der Waals surface area contributed by atoms with Gasteiger partial charge in [0.25, 0.3) is 5.91 Å². The molecule has 0 saturated carbocycles. The minimum Gasteiger partial charge on any atom is -0.478 e. The average Bonchev–Trinajstić information content (AvgIpc) is 2.50. The number of aromatic carboxylic acids is 1. The highest BCUT2D eigenvalue weighted by Gasteiger charge is 2.20. The van der Waals surface area contributed by atoms with Crippen LogP contribution in [0.15, 0.2) is 36.8 Å². The highest BCUT2D eigenvalue weighted by molar-refractivity contribution is 6.06. The minimum absolute atomic E-state index is 0.0688. The summed E-state index contributed by atoms with van der Waals surface area (Å²) in [5, 5.41) is 8.93. The van der Waals surface area contributed by atoms with Gasteiger partial charge < -0.3 is 15.7 Å². The molecule has 1 amide bonds. The molecule has 2 rings (SSSR count). The van der Waals surface area contributed by atoms with Gasteiger partial charge in [-0.05, 0) is 25.1 Å². The van der Waals surface area contributed by atoms with E-state index < -0.39 is 5.97 Å². The van der Waals surface area contributed by atoms with Gasteiger partial charge in [0.15, 0.2) is 0 Å². The molecule has 0 atom stereocenters. The van der Waals surface area contributed by atoms with Crippen LogP contribution >= 0.6 is 0 Å². The molecular weight excluding hydrogens is 272 g/mol. The third kappa shape index (κ3) is 2.97. The first-order valence-corrected chi connectivity index (χ1v) is 6.25. The molecule has 1 aromatic heterocycles. The number of hydrogen-bond donors (Lipinski definition) is 2. The monoisotopic (exact) mass is 286 g/mol. The molecule has 1 heterocycles. The number of rotatable bonds is 4. The lowest BCUT2D eigenvalue weighted by atomic mass is 10.1. The molecule has 0 unspecified atom stereocenters. The minimum atomic E-state index is -1.07. The van der Waals surface area contributed by atoms with E-state index in [2.05, 4.69) is 9.97 Å². The smallest absolute Gasteiger partial charge is 0.335 e. The standard InChI is InChI=1S/C14H14N4O3/c1-2-18(13(19)11-8-16-5-6-17-11)12-4-3-9(14(20)21)7-10(12)15/h3-8H,2,15H2,1H3,(H,20,21). The predicted octanol–water partition coefficient (Wildman–Crippen LogP) is 1.42. The van der Waals surface area contributed by atoms with Crippen molar-refractivity contribution in [1.29, 1.82) is 0 Å². The Morgan fingerprint density at radius 1 is 1.33 bits per heavy atom. The highest BCUT2D eigenvalue weighted by Crippen LogP contribution is 2.25. The van der Waals surface area contributed by atoms with Gasteiger partial charge in [-0.15, -0.1) is 0 Å². The van der Waals surface area contributed by atoms with Gasteiger partial charge in [0, 0.05) is 18.9 Å². The summed E-state index contributed by atoms with van der Waals surface area (Å²) in [5.41, 5.74) is 6.78. The first-order chi connectivity index (χ1) is 10.0. The Bertz CT molecular complexity index is 673. The summed E-state index contributed by atoms with van der Waals surface area (Å²) in [7, 11) is 0. The van der Waals surface area contributed by atoms with Crippen molar-refractivity contribution in [3.63, 3.8) is 0 Å². The molecule has 7 heteroatoms. The number of carboxylic acid groups (broad SMARTS) is 1. The number of carbonyl (C=O) groups excluding carboxylic acids is 1. The third-order valence-electron chi connectivity index (χ3n) is 2.91. The Balaban J connectivity index is 2.38. The van der Waals surface area contributed by atoms with Crippen LogP contribution in [-0.4, -0.2) is 33.5 Å². The molecule has 21 heavy (non-hydrogen) atoms. The van der Waals surface area contributed by atoms with Crippen LogP contribution in [0.5, 0.6) is 0 Å². The number of nitrogen functional groups attached to an aromatic ring is 1. The first kappa shape index (κ1) is 14.4. The van der Waals surface area contributed by atoms with Gasteiger partial charge in [0.2, 0.25) is 0 Å². The number of carbonyl (C=O) groups is 2. The molecule has 0 fully saturated rings. The van der Waals surface area contributed by atoms with Crippen LogP contribution in [0.4, 0.5) is 11.4 Å². The van der Waals surface area contributed by atoms with E-state index in [1.807, 2.05) is 0 Å². The summed E-state index contributed by atoms with van der Waals surface area (Å²) in [6, 6.07) is 4.24. The molecule has 0 bridgehead atoms. The van der Waals surface area contributed by atoms with E-state index in [4.69, 9.17) is 10.8 Å². The van der Waals surface area contributed by atoms with Gasteiger partial charge >= 0.3 is 5.97 Å². The van der Waals surface area contributed by atoms with Crippen LogP contribution in [0.3, 0.4) is 0 Å². The number of carboxylic acids is 1. The summed E-state index contributed by atoms with van der Waals surface area (Å²) in [4.78, 5) is 32.5. The molecule has 0 saturated heterocycles. The van der Waals surface area contributed by atoms with Crippen LogP contribution in [-0.2, 0) is 0 Å². The molecule has 0 aliphatic heterocycles. The summed E-state index contributed by atoms with van der Waals surface area (Å²) < 4.78 is 0. The Labute approximate surface area is 121 Å². The Kier molecular flexibility index (Phi) is 4.13. The van der Waals surface area contributed by atoms with Crippen molar-refractivity contribution >= 4 is 23.3 Å². The van der Waals surface area contributed by atoms with Crippen LogP contribution in [0, 0.1) is 0 Å². The molecular formula is C14H14N4O3. The highest BCUT2D eigenvalue weighted by atomic mass is 16.4. The van der Waals surface area contributed by atoms with E-state index in [9.17, 15) is 9.59 Å². The lowest BCUT2D eigenvalue weighted by molar-refractivity contribution is 0.0697. The second-order valence-electron chi connectivity index (χ2n) is 4.22. The molecule has 0 aliphatic rings. The maximum atomic E-state index is 12.4. The SMILES string of the molecule is CCN(C(=O)c1cnccn1)c1ccc(C(=O)O)cc1N. The Morgan fingerprint density at radius 3 is 2.62 bits per heavy atom. The molecule has 2 aromatic rings. The first-order valence-electron chi connectivity index (χ1n) is 6.25. The second kappa shape index (κ2) is 6.00. The number of benzene rings is 1. The van der Waals surface area contributed by atoms with Crippen molar-refractivity contribution in [3.8, 4) is 0 Å². The maximum Gasteiger partial charge on any atom is 0.335 e. The number of nitrogens with two attached hydrogens (primary N) is 1. The Morgan fingerprint density at radius 2 is 2.10 bits per heavy atom. The summed E-state index contributed by atoms with van der Waals surface area (Å²) in [5.74, 6) is -1.42. The van der Waals surface area contributed by atoms with Crippen molar-refractivity contribution < 1.29 is 14.7 Å².